The number of hydrogen-bond donors (Lipinski definition) is 2. The van der Waals surface area contributed by atoms with Gasteiger partial charge in [0.05, 0.1) is 0 Å². The van der Waals surface area contributed by atoms with E-state index in [0.29, 0.717) is 6.54 Å². The van der Waals surface area contributed by atoms with Crippen LogP contribution in [0.3, 0.4) is 0 Å². The van der Waals surface area contributed by atoms with Gasteiger partial charge in [0.1, 0.15) is 0 Å². The number of hydrogen-bond acceptors (Lipinski definition) is 2. The number of carbonyl (C=O) groups is 1. The highest BCUT2D eigenvalue weighted by Crippen LogP contribution is 2.42. The predicted molar refractivity (Wildman–Crippen MR) is 44.3 cm³/mol. The van der Waals surface area contributed by atoms with Crippen LogP contribution in [0.1, 0.15) is 19.8 Å². The van der Waals surface area contributed by atoms with Crippen LogP contribution >= 0.6 is 0 Å². The molecule has 3 nitrogen and oxygen atoms in total. The minimum Gasteiger partial charge on any atom is -0.352 e. The molecule has 0 unspecified atom stereocenters. The average molecular weight is 192 g/mol. The Morgan fingerprint density at radius 2 is 2.23 bits per heavy atom. The van der Waals surface area contributed by atoms with Crippen molar-refractivity contribution in [3.63, 3.8) is 0 Å². The van der Waals surface area contributed by atoms with Crippen LogP contribution in [0, 0.1) is 5.92 Å². The minimum absolute atomic E-state index is 0.137. The first kappa shape index (κ1) is 10.4. The molecular weight excluding hydrogens is 178 g/mol. The topological polar surface area (TPSA) is 55.1 Å². The normalized spacial score (nSPS) is 23.4. The van der Waals surface area contributed by atoms with E-state index in [1.165, 1.54) is 0 Å². The van der Waals surface area contributed by atoms with Crippen LogP contribution in [0.25, 0.3) is 0 Å². The van der Waals surface area contributed by atoms with Crippen LogP contribution < -0.4 is 11.1 Å². The smallest absolute Gasteiger partial charge is 0.249 e. The monoisotopic (exact) mass is 192 g/mol. The summed E-state index contributed by atoms with van der Waals surface area (Å²) >= 11 is 0. The fourth-order valence-electron chi connectivity index (χ4n) is 1.27. The van der Waals surface area contributed by atoms with Crippen molar-refractivity contribution in [1.29, 1.82) is 0 Å². The van der Waals surface area contributed by atoms with E-state index >= 15 is 0 Å². The SMILES string of the molecule is C[C@@H](CN)NC(=O)C1CC(F)(F)C1. The van der Waals surface area contributed by atoms with Crippen molar-refractivity contribution in [1.82, 2.24) is 5.32 Å². The average Bonchev–Trinajstić information content (AvgIpc) is 1.99. The maximum atomic E-state index is 12.4. The van der Waals surface area contributed by atoms with Gasteiger partial charge in [-0.25, -0.2) is 8.78 Å². The first-order valence-corrected chi connectivity index (χ1v) is 4.33. The zero-order chi connectivity index (χ0) is 10.1. The second-order valence-corrected chi connectivity index (χ2v) is 3.61. The lowest BCUT2D eigenvalue weighted by atomic mass is 9.80. The second kappa shape index (κ2) is 3.57. The summed E-state index contributed by atoms with van der Waals surface area (Å²) in [5, 5.41) is 2.57. The Morgan fingerprint density at radius 3 is 2.62 bits per heavy atom. The molecule has 1 saturated carbocycles. The zero-order valence-electron chi connectivity index (χ0n) is 7.52. The van der Waals surface area contributed by atoms with Crippen LogP contribution in [-0.4, -0.2) is 24.4 Å². The first-order valence-electron chi connectivity index (χ1n) is 4.33. The van der Waals surface area contributed by atoms with Gasteiger partial charge < -0.3 is 11.1 Å². The largest absolute Gasteiger partial charge is 0.352 e. The molecular formula is C8H14F2N2O. The Bertz CT molecular complexity index is 200. The molecule has 1 atom stereocenters. The molecule has 1 rings (SSSR count). The molecule has 1 fully saturated rings. The van der Waals surface area contributed by atoms with Crippen LogP contribution in [-0.2, 0) is 4.79 Å². The lowest BCUT2D eigenvalue weighted by molar-refractivity contribution is -0.150. The molecule has 0 spiro atoms. The summed E-state index contributed by atoms with van der Waals surface area (Å²) in [7, 11) is 0. The van der Waals surface area contributed by atoms with Gasteiger partial charge in [0, 0.05) is 31.3 Å². The van der Waals surface area contributed by atoms with Crippen molar-refractivity contribution < 1.29 is 13.6 Å². The fraction of sp³-hybridized carbons (Fsp3) is 0.875. The molecule has 0 aromatic heterocycles. The van der Waals surface area contributed by atoms with E-state index in [9.17, 15) is 13.6 Å². The zero-order valence-corrected chi connectivity index (χ0v) is 7.52. The van der Waals surface area contributed by atoms with Gasteiger partial charge >= 0.3 is 0 Å². The molecule has 0 aliphatic heterocycles. The van der Waals surface area contributed by atoms with Crippen LogP contribution in [0.15, 0.2) is 0 Å². The van der Waals surface area contributed by atoms with Crippen LogP contribution in [0.5, 0.6) is 0 Å². The number of alkyl halides is 2. The molecule has 3 N–H and O–H groups in total. The summed E-state index contributed by atoms with van der Waals surface area (Å²) in [5.41, 5.74) is 5.27. The molecule has 0 radical (unpaired) electrons. The van der Waals surface area contributed by atoms with E-state index in [1.54, 1.807) is 6.92 Å². The quantitative estimate of drug-likeness (QED) is 0.684. The van der Waals surface area contributed by atoms with Crippen molar-refractivity contribution in [2.24, 2.45) is 11.7 Å². The number of rotatable bonds is 3. The Kier molecular flexibility index (Phi) is 2.85. The van der Waals surface area contributed by atoms with Crippen molar-refractivity contribution >= 4 is 5.91 Å². The number of nitrogens with two attached hydrogens (primary N) is 1. The van der Waals surface area contributed by atoms with Crippen LogP contribution in [0.4, 0.5) is 8.78 Å². The lowest BCUT2D eigenvalue weighted by Gasteiger charge is -2.34. The third-order valence-electron chi connectivity index (χ3n) is 2.20. The van der Waals surface area contributed by atoms with E-state index < -0.39 is 11.8 Å². The molecule has 0 saturated heterocycles. The predicted octanol–water partition coefficient (Wildman–Crippen LogP) is 0.495. The molecule has 0 aromatic rings. The van der Waals surface area contributed by atoms with E-state index in [0.717, 1.165) is 0 Å². The van der Waals surface area contributed by atoms with E-state index in [1.807, 2.05) is 0 Å². The third kappa shape index (κ3) is 2.62. The number of halogens is 2. The van der Waals surface area contributed by atoms with Gasteiger partial charge in [-0.15, -0.1) is 0 Å². The fourth-order valence-corrected chi connectivity index (χ4v) is 1.27. The Morgan fingerprint density at radius 1 is 1.69 bits per heavy atom. The van der Waals surface area contributed by atoms with Gasteiger partial charge in [-0.2, -0.15) is 0 Å². The molecule has 76 valence electrons. The molecule has 1 amide bonds. The van der Waals surface area contributed by atoms with Crippen molar-refractivity contribution in [2.75, 3.05) is 6.54 Å². The van der Waals surface area contributed by atoms with Gasteiger partial charge in [-0.3, -0.25) is 4.79 Å². The number of amides is 1. The lowest BCUT2D eigenvalue weighted by Crippen LogP contribution is -2.48. The van der Waals surface area contributed by atoms with Crippen molar-refractivity contribution in [3.05, 3.63) is 0 Å². The van der Waals surface area contributed by atoms with Crippen molar-refractivity contribution in [2.45, 2.75) is 31.7 Å². The van der Waals surface area contributed by atoms with Gasteiger partial charge in [-0.1, -0.05) is 0 Å². The highest BCUT2D eigenvalue weighted by atomic mass is 19.3. The van der Waals surface area contributed by atoms with E-state index in [2.05, 4.69) is 5.32 Å². The highest BCUT2D eigenvalue weighted by Gasteiger charge is 2.48. The van der Waals surface area contributed by atoms with Gasteiger partial charge in [0.2, 0.25) is 11.8 Å². The Balaban J connectivity index is 2.27. The Hall–Kier alpha value is -0.710. The highest BCUT2D eigenvalue weighted by molar-refractivity contribution is 5.80. The van der Waals surface area contributed by atoms with Crippen LogP contribution in [0.2, 0.25) is 0 Å². The Labute approximate surface area is 75.7 Å². The van der Waals surface area contributed by atoms with Gasteiger partial charge in [0.15, 0.2) is 0 Å². The first-order chi connectivity index (χ1) is 5.94. The summed E-state index contributed by atoms with van der Waals surface area (Å²) in [4.78, 5) is 11.2. The summed E-state index contributed by atoms with van der Waals surface area (Å²) in [6, 6.07) is -0.137. The standard InChI is InChI=1S/C8H14F2N2O/c1-5(4-11)12-7(13)6-2-8(9,10)3-6/h5-6H,2-4,11H2,1H3,(H,12,13)/t5-/m0/s1. The molecule has 1 aliphatic rings. The summed E-state index contributed by atoms with van der Waals surface area (Å²) in [6.45, 7) is 2.07. The molecule has 5 heteroatoms. The third-order valence-corrected chi connectivity index (χ3v) is 2.20. The van der Waals surface area contributed by atoms with Crippen molar-refractivity contribution in [3.8, 4) is 0 Å². The number of carbonyl (C=O) groups excluding carboxylic acids is 1. The summed E-state index contributed by atoms with van der Waals surface area (Å²) in [6.07, 6.45) is -0.647. The maximum Gasteiger partial charge on any atom is 0.249 e. The summed E-state index contributed by atoms with van der Waals surface area (Å²) in [5.74, 6) is -3.46. The molecule has 13 heavy (non-hydrogen) atoms. The van der Waals surface area contributed by atoms with E-state index in [-0.39, 0.29) is 24.8 Å². The minimum atomic E-state index is -2.63. The number of nitrogens with one attached hydrogen (secondary N) is 1. The molecule has 0 aromatic carbocycles. The molecule has 0 bridgehead atoms. The molecule has 0 heterocycles. The second-order valence-electron chi connectivity index (χ2n) is 3.61. The van der Waals surface area contributed by atoms with Gasteiger partial charge in [-0.05, 0) is 6.92 Å². The van der Waals surface area contributed by atoms with Gasteiger partial charge in [0.25, 0.3) is 0 Å². The maximum absolute atomic E-state index is 12.4. The molecule has 1 aliphatic carbocycles. The summed E-state index contributed by atoms with van der Waals surface area (Å²) < 4.78 is 24.7. The van der Waals surface area contributed by atoms with E-state index in [4.69, 9.17) is 5.73 Å².